The van der Waals surface area contributed by atoms with Crippen molar-refractivity contribution in [2.45, 2.75) is 51.9 Å². The molecule has 2 N–H and O–H groups in total. The summed E-state index contributed by atoms with van der Waals surface area (Å²) in [5, 5.41) is 17.2. The topological polar surface area (TPSA) is 74.6 Å². The minimum atomic E-state index is -1.23. The van der Waals surface area contributed by atoms with E-state index in [1.807, 2.05) is 0 Å². The molecular weight excluding hydrogens is 220 g/mol. The molecule has 0 unspecified atom stereocenters. The van der Waals surface area contributed by atoms with Crippen LogP contribution >= 0.6 is 0 Å². The van der Waals surface area contributed by atoms with Crippen molar-refractivity contribution in [1.82, 2.24) is 0 Å². The molecule has 0 atom stereocenters. The Labute approximate surface area is 116 Å². The first-order chi connectivity index (χ1) is 7.09. The quantitative estimate of drug-likeness (QED) is 0.370. The van der Waals surface area contributed by atoms with Crippen molar-refractivity contribution in [1.29, 1.82) is 0 Å². The number of carboxylic acids is 2. The second kappa shape index (κ2) is 11.2. The summed E-state index contributed by atoms with van der Waals surface area (Å²) >= 11 is 0. The van der Waals surface area contributed by atoms with Crippen LogP contribution < -0.4 is 0 Å². The second-order valence-corrected chi connectivity index (χ2v) is 3.79. The molecule has 0 radical (unpaired) electrons. The van der Waals surface area contributed by atoms with Crippen molar-refractivity contribution >= 4 is 35.0 Å². The molecule has 0 saturated carbocycles. The average Bonchev–Trinajstić information content (AvgIpc) is 2.15. The number of carbonyl (C=O) groups is 2. The standard InChI is InChI=1S/C11H20O4.Mg.2H/c1-2-3-4-5-6-7-8-9(10(12)13)11(14)15;;;/h9H,2-8H2,1H3,(H,12,13)(H,14,15);;;/q;+2;2*-1. The largest absolute Gasteiger partial charge is 2.00 e. The third kappa shape index (κ3) is 8.97. The van der Waals surface area contributed by atoms with Gasteiger partial charge >= 0.3 is 35.0 Å². The Morgan fingerprint density at radius 3 is 1.88 bits per heavy atom. The predicted octanol–water partition coefficient (Wildman–Crippen LogP) is 2.37. The Morgan fingerprint density at radius 1 is 1.00 bits per heavy atom. The van der Waals surface area contributed by atoms with Gasteiger partial charge in [-0.25, -0.2) is 0 Å². The van der Waals surface area contributed by atoms with Gasteiger partial charge in [0.25, 0.3) is 0 Å². The third-order valence-electron chi connectivity index (χ3n) is 2.44. The molecule has 0 aliphatic heterocycles. The number of aliphatic carboxylic acids is 2. The Hall–Kier alpha value is -0.294. The zero-order chi connectivity index (χ0) is 11.7. The van der Waals surface area contributed by atoms with E-state index in [0.717, 1.165) is 19.3 Å². The van der Waals surface area contributed by atoms with Crippen molar-refractivity contribution in [3.05, 3.63) is 0 Å². The van der Waals surface area contributed by atoms with Crippen LogP contribution in [0.2, 0.25) is 0 Å². The summed E-state index contributed by atoms with van der Waals surface area (Å²) in [5.74, 6) is -3.68. The van der Waals surface area contributed by atoms with Crippen LogP contribution in [-0.4, -0.2) is 45.2 Å². The van der Waals surface area contributed by atoms with Gasteiger partial charge in [-0.15, -0.1) is 0 Å². The first kappa shape index (κ1) is 18.1. The molecule has 0 aliphatic carbocycles. The molecule has 92 valence electrons. The Kier molecular flexibility index (Phi) is 12.7. The Morgan fingerprint density at radius 2 is 1.44 bits per heavy atom. The van der Waals surface area contributed by atoms with E-state index >= 15 is 0 Å². The van der Waals surface area contributed by atoms with Gasteiger partial charge in [0.2, 0.25) is 0 Å². The Balaban J connectivity index is -0.000000327. The van der Waals surface area contributed by atoms with Crippen LogP contribution in [0.25, 0.3) is 0 Å². The minimum absolute atomic E-state index is 0. The maximum atomic E-state index is 10.5. The maximum absolute atomic E-state index is 10.5. The molecule has 0 aromatic carbocycles. The molecule has 0 aromatic heterocycles. The van der Waals surface area contributed by atoms with Gasteiger partial charge < -0.3 is 13.1 Å². The van der Waals surface area contributed by atoms with E-state index in [4.69, 9.17) is 10.2 Å². The van der Waals surface area contributed by atoms with Crippen LogP contribution in [0.5, 0.6) is 0 Å². The molecule has 0 heterocycles. The molecule has 0 rings (SSSR count). The normalized spacial score (nSPS) is 9.88. The van der Waals surface area contributed by atoms with Crippen LogP contribution in [0.15, 0.2) is 0 Å². The number of hydrogen-bond donors (Lipinski definition) is 2. The van der Waals surface area contributed by atoms with Gasteiger partial charge in [-0.2, -0.15) is 0 Å². The van der Waals surface area contributed by atoms with Crippen molar-refractivity contribution in [2.75, 3.05) is 0 Å². The fraction of sp³-hybridized carbons (Fsp3) is 0.818. The fourth-order valence-electron chi connectivity index (χ4n) is 1.48. The molecule has 0 bridgehead atoms. The number of unbranched alkanes of at least 4 members (excludes halogenated alkanes) is 5. The SMILES string of the molecule is CCCCCCCCC(C(=O)O)C(=O)O.[H-].[H-].[Mg+2]. The van der Waals surface area contributed by atoms with Gasteiger partial charge in [-0.3, -0.25) is 9.59 Å². The predicted molar refractivity (Wildman–Crippen MR) is 64.7 cm³/mol. The minimum Gasteiger partial charge on any atom is -1.00 e. The molecule has 0 amide bonds. The zero-order valence-corrected chi connectivity index (χ0v) is 11.4. The average molecular weight is 243 g/mol. The van der Waals surface area contributed by atoms with Gasteiger partial charge in [0.15, 0.2) is 5.92 Å². The van der Waals surface area contributed by atoms with Gasteiger partial charge in [-0.1, -0.05) is 45.4 Å². The number of carboxylic acid groups (broad SMARTS) is 2. The van der Waals surface area contributed by atoms with E-state index in [2.05, 4.69) is 6.92 Å². The van der Waals surface area contributed by atoms with Crippen molar-refractivity contribution < 1.29 is 22.7 Å². The molecule has 5 heteroatoms. The summed E-state index contributed by atoms with van der Waals surface area (Å²) in [7, 11) is 0. The van der Waals surface area contributed by atoms with Crippen LogP contribution in [0.4, 0.5) is 0 Å². The number of hydrogen-bond acceptors (Lipinski definition) is 2. The van der Waals surface area contributed by atoms with E-state index in [1.165, 1.54) is 12.8 Å². The van der Waals surface area contributed by atoms with E-state index in [9.17, 15) is 9.59 Å². The maximum Gasteiger partial charge on any atom is 2.00 e. The van der Waals surface area contributed by atoms with E-state index in [0.29, 0.717) is 6.42 Å². The Bertz CT molecular complexity index is 201. The van der Waals surface area contributed by atoms with Crippen LogP contribution in [0, 0.1) is 5.92 Å². The smallest absolute Gasteiger partial charge is 1.00 e. The van der Waals surface area contributed by atoms with E-state index in [1.54, 1.807) is 0 Å². The van der Waals surface area contributed by atoms with Crippen molar-refractivity contribution in [3.63, 3.8) is 0 Å². The van der Waals surface area contributed by atoms with Gasteiger partial charge in [0.05, 0.1) is 0 Å². The van der Waals surface area contributed by atoms with E-state index in [-0.39, 0.29) is 32.3 Å². The van der Waals surface area contributed by atoms with Crippen molar-refractivity contribution in [2.24, 2.45) is 5.92 Å². The summed E-state index contributed by atoms with van der Waals surface area (Å²) in [6.07, 6.45) is 6.45. The van der Waals surface area contributed by atoms with Crippen LogP contribution in [0.1, 0.15) is 54.7 Å². The molecule has 0 saturated heterocycles. The number of rotatable bonds is 9. The van der Waals surface area contributed by atoms with Gasteiger partial charge in [-0.05, 0) is 6.42 Å². The molecular formula is C11H22MgO4. The molecule has 16 heavy (non-hydrogen) atoms. The third-order valence-corrected chi connectivity index (χ3v) is 2.44. The zero-order valence-electron chi connectivity index (χ0n) is 11.9. The van der Waals surface area contributed by atoms with Gasteiger partial charge in [0, 0.05) is 0 Å². The summed E-state index contributed by atoms with van der Waals surface area (Å²) in [6, 6.07) is 0. The van der Waals surface area contributed by atoms with E-state index < -0.39 is 17.9 Å². The van der Waals surface area contributed by atoms with Crippen LogP contribution in [0.3, 0.4) is 0 Å². The second-order valence-electron chi connectivity index (χ2n) is 3.79. The molecule has 0 fully saturated rings. The molecule has 0 aliphatic rings. The monoisotopic (exact) mass is 242 g/mol. The fourth-order valence-corrected chi connectivity index (χ4v) is 1.48. The first-order valence-corrected chi connectivity index (χ1v) is 5.55. The summed E-state index contributed by atoms with van der Waals surface area (Å²) < 4.78 is 0. The summed E-state index contributed by atoms with van der Waals surface area (Å²) in [4.78, 5) is 21.1. The molecule has 4 nitrogen and oxygen atoms in total. The van der Waals surface area contributed by atoms with Gasteiger partial charge in [0.1, 0.15) is 0 Å². The van der Waals surface area contributed by atoms with Crippen molar-refractivity contribution in [3.8, 4) is 0 Å². The first-order valence-electron chi connectivity index (χ1n) is 5.55. The van der Waals surface area contributed by atoms with Crippen LogP contribution in [-0.2, 0) is 9.59 Å². The summed E-state index contributed by atoms with van der Waals surface area (Å²) in [5.41, 5.74) is 0. The summed E-state index contributed by atoms with van der Waals surface area (Å²) in [6.45, 7) is 2.13. The molecule has 0 aromatic rings. The molecule has 0 spiro atoms.